The molecule has 0 saturated carbocycles. The van der Waals surface area contributed by atoms with Gasteiger partial charge in [0.1, 0.15) is 10.3 Å². The van der Waals surface area contributed by atoms with Crippen molar-refractivity contribution in [2.45, 2.75) is 26.6 Å². The van der Waals surface area contributed by atoms with Crippen molar-refractivity contribution in [1.82, 2.24) is 15.0 Å². The fraction of sp³-hybridized carbons (Fsp3) is 0.267. The van der Waals surface area contributed by atoms with Crippen LogP contribution in [-0.2, 0) is 12.7 Å². The maximum Gasteiger partial charge on any atom is 0.451 e. The molecule has 2 aromatic rings. The third-order valence-electron chi connectivity index (χ3n) is 2.84. The van der Waals surface area contributed by atoms with Crippen LogP contribution in [0.1, 0.15) is 29.6 Å². The Morgan fingerprint density at radius 3 is 2.48 bits per heavy atom. The zero-order valence-electron chi connectivity index (χ0n) is 12.3. The van der Waals surface area contributed by atoms with Crippen LogP contribution >= 0.6 is 15.9 Å². The molecule has 0 aliphatic rings. The van der Waals surface area contributed by atoms with E-state index in [4.69, 9.17) is 0 Å². The standard InChI is InChI=1S/C15H12BrF3N4/c1-3-4-11-12(5-9(2)13(16)23-11)20-6-10-7-21-14(22-8-10)15(17,18)19/h5,7-8,20H,6H2,1-2H3. The largest absolute Gasteiger partial charge is 0.451 e. The molecule has 0 aliphatic carbocycles. The van der Waals surface area contributed by atoms with Gasteiger partial charge >= 0.3 is 6.18 Å². The summed E-state index contributed by atoms with van der Waals surface area (Å²) in [6.07, 6.45) is -2.25. The van der Waals surface area contributed by atoms with Crippen LogP contribution in [0, 0.1) is 18.8 Å². The van der Waals surface area contributed by atoms with Gasteiger partial charge < -0.3 is 5.32 Å². The quantitative estimate of drug-likeness (QED) is 0.642. The Morgan fingerprint density at radius 2 is 1.91 bits per heavy atom. The number of pyridine rings is 1. The molecule has 0 amide bonds. The molecule has 0 atom stereocenters. The number of aryl methyl sites for hydroxylation is 1. The number of halogens is 4. The average Bonchev–Trinajstić information content (AvgIpc) is 2.49. The van der Waals surface area contributed by atoms with Gasteiger partial charge in [0.2, 0.25) is 5.82 Å². The number of nitrogens with zero attached hydrogens (tertiary/aromatic N) is 3. The van der Waals surface area contributed by atoms with Gasteiger partial charge in [-0.25, -0.2) is 15.0 Å². The van der Waals surface area contributed by atoms with E-state index in [1.165, 1.54) is 0 Å². The van der Waals surface area contributed by atoms with Crippen LogP contribution in [0.15, 0.2) is 23.1 Å². The second kappa shape index (κ2) is 6.96. The first-order valence-electron chi connectivity index (χ1n) is 6.53. The van der Waals surface area contributed by atoms with Gasteiger partial charge in [-0.15, -0.1) is 0 Å². The van der Waals surface area contributed by atoms with Crippen molar-refractivity contribution in [3.63, 3.8) is 0 Å². The molecule has 1 N–H and O–H groups in total. The molecule has 8 heteroatoms. The predicted octanol–water partition coefficient (Wildman–Crippen LogP) is 3.94. The normalized spacial score (nSPS) is 10.9. The first-order valence-corrected chi connectivity index (χ1v) is 7.32. The van der Waals surface area contributed by atoms with E-state index in [1.54, 1.807) is 6.92 Å². The first-order chi connectivity index (χ1) is 10.8. The van der Waals surface area contributed by atoms with Crippen molar-refractivity contribution in [3.8, 4) is 11.8 Å². The summed E-state index contributed by atoms with van der Waals surface area (Å²) in [7, 11) is 0. The Morgan fingerprint density at radius 1 is 1.26 bits per heavy atom. The summed E-state index contributed by atoms with van der Waals surface area (Å²) in [6, 6.07) is 1.86. The maximum atomic E-state index is 12.4. The zero-order chi connectivity index (χ0) is 17.0. The van der Waals surface area contributed by atoms with Crippen molar-refractivity contribution in [2.75, 3.05) is 5.32 Å². The van der Waals surface area contributed by atoms with Crippen molar-refractivity contribution < 1.29 is 13.2 Å². The predicted molar refractivity (Wildman–Crippen MR) is 83.6 cm³/mol. The van der Waals surface area contributed by atoms with Crippen molar-refractivity contribution in [3.05, 3.63) is 45.7 Å². The Labute approximate surface area is 139 Å². The van der Waals surface area contributed by atoms with Gasteiger partial charge in [-0.2, -0.15) is 13.2 Å². The third-order valence-corrected chi connectivity index (χ3v) is 3.64. The molecule has 0 spiro atoms. The molecule has 0 radical (unpaired) electrons. The fourth-order valence-corrected chi connectivity index (χ4v) is 2.02. The van der Waals surface area contributed by atoms with Gasteiger partial charge in [0.05, 0.1) is 5.69 Å². The van der Waals surface area contributed by atoms with E-state index in [9.17, 15) is 13.2 Å². The minimum absolute atomic E-state index is 0.263. The van der Waals surface area contributed by atoms with E-state index in [-0.39, 0.29) is 6.54 Å². The topological polar surface area (TPSA) is 50.7 Å². The lowest BCUT2D eigenvalue weighted by Gasteiger charge is -2.11. The number of hydrogen-bond acceptors (Lipinski definition) is 4. The molecule has 2 heterocycles. The van der Waals surface area contributed by atoms with E-state index in [2.05, 4.69) is 48.0 Å². The molecule has 120 valence electrons. The summed E-state index contributed by atoms with van der Waals surface area (Å²) in [4.78, 5) is 11.0. The highest BCUT2D eigenvalue weighted by Gasteiger charge is 2.34. The summed E-state index contributed by atoms with van der Waals surface area (Å²) in [5.41, 5.74) is 2.68. The first kappa shape index (κ1) is 17.2. The number of alkyl halides is 3. The second-order valence-electron chi connectivity index (χ2n) is 4.63. The van der Waals surface area contributed by atoms with Crippen LogP contribution in [0.4, 0.5) is 18.9 Å². The molecule has 0 bridgehead atoms. The minimum atomic E-state index is -4.54. The Kier molecular flexibility index (Phi) is 5.21. The molecule has 0 saturated heterocycles. The van der Waals surface area contributed by atoms with E-state index in [0.717, 1.165) is 18.0 Å². The van der Waals surface area contributed by atoms with E-state index >= 15 is 0 Å². The van der Waals surface area contributed by atoms with Gasteiger partial charge in [0.15, 0.2) is 0 Å². The Hall–Kier alpha value is -2.14. The Bertz CT molecular complexity index is 761. The lowest BCUT2D eigenvalue weighted by atomic mass is 10.2. The van der Waals surface area contributed by atoms with Crippen LogP contribution in [0.25, 0.3) is 0 Å². The van der Waals surface area contributed by atoms with Crippen molar-refractivity contribution >= 4 is 21.6 Å². The van der Waals surface area contributed by atoms with E-state index in [0.29, 0.717) is 21.5 Å². The summed E-state index contributed by atoms with van der Waals surface area (Å²) in [6.45, 7) is 3.84. The summed E-state index contributed by atoms with van der Waals surface area (Å²) in [5.74, 6) is 4.49. The average molecular weight is 385 g/mol. The molecule has 2 aromatic heterocycles. The highest BCUT2D eigenvalue weighted by molar-refractivity contribution is 9.10. The summed E-state index contributed by atoms with van der Waals surface area (Å²) >= 11 is 3.34. The van der Waals surface area contributed by atoms with Crippen molar-refractivity contribution in [2.24, 2.45) is 0 Å². The fourth-order valence-electron chi connectivity index (χ4n) is 1.73. The number of aromatic nitrogens is 3. The van der Waals surface area contributed by atoms with Crippen molar-refractivity contribution in [1.29, 1.82) is 0 Å². The molecule has 23 heavy (non-hydrogen) atoms. The van der Waals surface area contributed by atoms with Gasteiger partial charge in [-0.3, -0.25) is 0 Å². The van der Waals surface area contributed by atoms with Gasteiger partial charge in [0.25, 0.3) is 0 Å². The maximum absolute atomic E-state index is 12.4. The number of hydrogen-bond donors (Lipinski definition) is 1. The molecule has 0 aliphatic heterocycles. The molecule has 2 rings (SSSR count). The van der Waals surface area contributed by atoms with E-state index < -0.39 is 12.0 Å². The van der Waals surface area contributed by atoms with Gasteiger partial charge in [0, 0.05) is 24.5 Å². The van der Waals surface area contributed by atoms with Crippen LogP contribution < -0.4 is 5.32 Å². The molecule has 0 fully saturated rings. The van der Waals surface area contributed by atoms with Crippen LogP contribution in [-0.4, -0.2) is 15.0 Å². The van der Waals surface area contributed by atoms with Crippen LogP contribution in [0.5, 0.6) is 0 Å². The smallest absolute Gasteiger partial charge is 0.379 e. The van der Waals surface area contributed by atoms with Crippen LogP contribution in [0.3, 0.4) is 0 Å². The van der Waals surface area contributed by atoms with E-state index in [1.807, 2.05) is 13.0 Å². The second-order valence-corrected chi connectivity index (χ2v) is 5.38. The molecule has 4 nitrogen and oxygen atoms in total. The molecule has 0 aromatic carbocycles. The Balaban J connectivity index is 2.17. The SMILES string of the molecule is CC#Cc1nc(Br)c(C)cc1NCc1cnc(C(F)(F)F)nc1. The molecule has 0 unspecified atom stereocenters. The zero-order valence-corrected chi connectivity index (χ0v) is 13.9. The lowest BCUT2D eigenvalue weighted by Crippen LogP contribution is -2.12. The summed E-state index contributed by atoms with van der Waals surface area (Å²) in [5, 5.41) is 3.09. The minimum Gasteiger partial charge on any atom is -0.379 e. The highest BCUT2D eigenvalue weighted by atomic mass is 79.9. The number of nitrogens with one attached hydrogen (secondary N) is 1. The summed E-state index contributed by atoms with van der Waals surface area (Å²) < 4.78 is 38.0. The molecular formula is C15H12BrF3N4. The monoisotopic (exact) mass is 384 g/mol. The number of anilines is 1. The molecular weight excluding hydrogens is 373 g/mol. The van der Waals surface area contributed by atoms with Gasteiger partial charge in [-0.05, 0) is 47.3 Å². The van der Waals surface area contributed by atoms with Gasteiger partial charge in [-0.1, -0.05) is 5.92 Å². The lowest BCUT2D eigenvalue weighted by molar-refractivity contribution is -0.145. The third kappa shape index (κ3) is 4.42. The highest BCUT2D eigenvalue weighted by Crippen LogP contribution is 2.25. The van der Waals surface area contributed by atoms with Crippen LogP contribution in [0.2, 0.25) is 0 Å². The number of rotatable bonds is 3.